The molecule has 1 atom stereocenters. The Morgan fingerprint density at radius 3 is 2.22 bits per heavy atom. The molecule has 27 heavy (non-hydrogen) atoms. The lowest BCUT2D eigenvalue weighted by Gasteiger charge is -2.27. The number of amides is 1. The van der Waals surface area contributed by atoms with E-state index in [1.54, 1.807) is 6.92 Å². The highest BCUT2D eigenvalue weighted by Crippen LogP contribution is 2.23. The van der Waals surface area contributed by atoms with Crippen LogP contribution in [-0.4, -0.2) is 39.3 Å². The third kappa shape index (κ3) is 5.01. The number of hydrogen-bond donors (Lipinski definition) is 1. The summed E-state index contributed by atoms with van der Waals surface area (Å²) in [5.41, 5.74) is 0.424. The van der Waals surface area contributed by atoms with E-state index in [1.807, 2.05) is 0 Å². The molecule has 9 heteroatoms. The molecule has 1 amide bonds. The van der Waals surface area contributed by atoms with Crippen molar-refractivity contribution in [2.24, 2.45) is 0 Å². The third-order valence-electron chi connectivity index (χ3n) is 3.90. The number of benzene rings is 2. The molecule has 0 fully saturated rings. The van der Waals surface area contributed by atoms with Gasteiger partial charge in [-0.2, -0.15) is 12.7 Å². The van der Waals surface area contributed by atoms with Crippen LogP contribution in [0.4, 0.5) is 14.5 Å². The molecular weight excluding hydrogens is 376 g/mol. The Morgan fingerprint density at radius 2 is 1.67 bits per heavy atom. The molecule has 146 valence electrons. The van der Waals surface area contributed by atoms with Gasteiger partial charge in [0.1, 0.15) is 18.2 Å². The van der Waals surface area contributed by atoms with Crippen molar-refractivity contribution in [3.05, 3.63) is 65.7 Å². The normalized spacial score (nSPS) is 12.7. The summed E-state index contributed by atoms with van der Waals surface area (Å²) in [6.07, 6.45) is 0. The maximum Gasteiger partial charge on any atom is 0.304 e. The van der Waals surface area contributed by atoms with Gasteiger partial charge in [0.2, 0.25) is 5.91 Å². The molecule has 0 saturated heterocycles. The Kier molecular flexibility index (Phi) is 6.50. The second kappa shape index (κ2) is 8.45. The monoisotopic (exact) mass is 397 g/mol. The van der Waals surface area contributed by atoms with Gasteiger partial charge in [-0.25, -0.2) is 13.1 Å². The zero-order valence-electron chi connectivity index (χ0n) is 15.2. The number of anilines is 1. The zero-order valence-corrected chi connectivity index (χ0v) is 16.0. The van der Waals surface area contributed by atoms with Gasteiger partial charge in [-0.3, -0.25) is 4.79 Å². The highest BCUT2D eigenvalue weighted by molar-refractivity contribution is 7.90. The van der Waals surface area contributed by atoms with E-state index in [0.717, 1.165) is 10.4 Å². The minimum Gasteiger partial charge on any atom is -0.348 e. The summed E-state index contributed by atoms with van der Waals surface area (Å²) in [6.45, 7) is 1.08. The van der Waals surface area contributed by atoms with Crippen LogP contribution in [0.25, 0.3) is 0 Å². The summed E-state index contributed by atoms with van der Waals surface area (Å²) in [4.78, 5) is 12.4. The lowest BCUT2D eigenvalue weighted by molar-refractivity contribution is -0.120. The van der Waals surface area contributed by atoms with Gasteiger partial charge in [0, 0.05) is 14.1 Å². The Morgan fingerprint density at radius 1 is 1.07 bits per heavy atom. The van der Waals surface area contributed by atoms with Crippen molar-refractivity contribution in [2.45, 2.75) is 13.0 Å². The summed E-state index contributed by atoms with van der Waals surface area (Å²) in [6, 6.07) is 10.4. The number of halogens is 2. The van der Waals surface area contributed by atoms with E-state index in [-0.39, 0.29) is 5.69 Å². The molecule has 0 aromatic heterocycles. The first kappa shape index (κ1) is 20.8. The maximum absolute atomic E-state index is 14.2. The van der Waals surface area contributed by atoms with E-state index in [4.69, 9.17) is 0 Å². The highest BCUT2D eigenvalue weighted by atomic mass is 32.2. The topological polar surface area (TPSA) is 69.7 Å². The SMILES string of the molecule is C[C@@H](NC(=O)CN(c1ccccc1F)S(=O)(=O)N(C)C)c1ccc(F)cc1. The van der Waals surface area contributed by atoms with E-state index in [9.17, 15) is 22.0 Å². The smallest absolute Gasteiger partial charge is 0.304 e. The van der Waals surface area contributed by atoms with Gasteiger partial charge < -0.3 is 5.32 Å². The number of para-hydroxylation sites is 1. The van der Waals surface area contributed by atoms with Crippen molar-refractivity contribution < 1.29 is 22.0 Å². The number of carbonyl (C=O) groups is 1. The molecule has 0 aliphatic rings. The molecule has 0 aliphatic heterocycles. The number of nitrogens with zero attached hydrogens (tertiary/aromatic N) is 2. The largest absolute Gasteiger partial charge is 0.348 e. The molecule has 0 bridgehead atoms. The van der Waals surface area contributed by atoms with E-state index in [2.05, 4.69) is 5.32 Å². The van der Waals surface area contributed by atoms with Crippen LogP contribution in [0.5, 0.6) is 0 Å². The predicted molar refractivity (Wildman–Crippen MR) is 99.3 cm³/mol. The molecular formula is C18H21F2N3O3S. The Labute approximate surface area is 157 Å². The fourth-order valence-electron chi connectivity index (χ4n) is 2.39. The highest BCUT2D eigenvalue weighted by Gasteiger charge is 2.29. The first-order valence-electron chi connectivity index (χ1n) is 8.12. The van der Waals surface area contributed by atoms with Crippen LogP contribution in [0.1, 0.15) is 18.5 Å². The number of carbonyl (C=O) groups excluding carboxylic acids is 1. The van der Waals surface area contributed by atoms with Crippen LogP contribution in [-0.2, 0) is 15.0 Å². The fourth-order valence-corrected chi connectivity index (χ4v) is 3.47. The first-order chi connectivity index (χ1) is 12.6. The lowest BCUT2D eigenvalue weighted by Crippen LogP contribution is -2.46. The molecule has 1 N–H and O–H groups in total. The minimum absolute atomic E-state index is 0.226. The maximum atomic E-state index is 14.2. The third-order valence-corrected chi connectivity index (χ3v) is 5.70. The van der Waals surface area contributed by atoms with Crippen molar-refractivity contribution in [3.8, 4) is 0 Å². The first-order valence-corrected chi connectivity index (χ1v) is 9.52. The Bertz CT molecular complexity index is 902. The van der Waals surface area contributed by atoms with Gasteiger partial charge in [0.05, 0.1) is 11.7 Å². The van der Waals surface area contributed by atoms with Crippen molar-refractivity contribution in [3.63, 3.8) is 0 Å². The van der Waals surface area contributed by atoms with Gasteiger partial charge in [-0.05, 0) is 36.8 Å². The van der Waals surface area contributed by atoms with E-state index in [0.29, 0.717) is 9.87 Å². The van der Waals surface area contributed by atoms with Crippen LogP contribution in [0.15, 0.2) is 48.5 Å². The van der Waals surface area contributed by atoms with Crippen molar-refractivity contribution in [1.29, 1.82) is 0 Å². The standard InChI is InChI=1S/C18H21F2N3O3S/c1-13(14-8-10-15(19)11-9-14)21-18(24)12-23(27(25,26)22(2)3)17-7-5-4-6-16(17)20/h4-11,13H,12H2,1-3H3,(H,21,24)/t13-/m1/s1. The number of nitrogens with one attached hydrogen (secondary N) is 1. The number of hydrogen-bond acceptors (Lipinski definition) is 3. The van der Waals surface area contributed by atoms with E-state index >= 15 is 0 Å². The van der Waals surface area contributed by atoms with Gasteiger partial charge >= 0.3 is 10.2 Å². The summed E-state index contributed by atoms with van der Waals surface area (Å²) < 4.78 is 53.9. The summed E-state index contributed by atoms with van der Waals surface area (Å²) in [5, 5.41) is 2.64. The van der Waals surface area contributed by atoms with Gasteiger partial charge in [0.15, 0.2) is 0 Å². The average Bonchev–Trinajstić information content (AvgIpc) is 2.60. The molecule has 0 saturated carbocycles. The van der Waals surface area contributed by atoms with Crippen LogP contribution >= 0.6 is 0 Å². The molecule has 0 aliphatic carbocycles. The lowest BCUT2D eigenvalue weighted by atomic mass is 10.1. The van der Waals surface area contributed by atoms with Crippen LogP contribution in [0.3, 0.4) is 0 Å². The summed E-state index contributed by atoms with van der Waals surface area (Å²) in [5.74, 6) is -1.79. The molecule has 2 rings (SSSR count). The second-order valence-electron chi connectivity index (χ2n) is 6.09. The Hall–Kier alpha value is -2.52. The number of rotatable bonds is 7. The van der Waals surface area contributed by atoms with E-state index < -0.39 is 40.3 Å². The van der Waals surface area contributed by atoms with E-state index in [1.165, 1.54) is 56.6 Å². The molecule has 2 aromatic rings. The predicted octanol–water partition coefficient (Wildman–Crippen LogP) is 2.46. The second-order valence-corrected chi connectivity index (χ2v) is 8.16. The van der Waals surface area contributed by atoms with Gasteiger partial charge in [-0.1, -0.05) is 24.3 Å². The van der Waals surface area contributed by atoms with Crippen LogP contribution in [0, 0.1) is 11.6 Å². The molecule has 0 unspecified atom stereocenters. The molecule has 2 aromatic carbocycles. The van der Waals surface area contributed by atoms with Crippen LogP contribution in [0.2, 0.25) is 0 Å². The molecule has 0 spiro atoms. The zero-order chi connectivity index (χ0) is 20.2. The van der Waals surface area contributed by atoms with Crippen molar-refractivity contribution >= 4 is 21.8 Å². The van der Waals surface area contributed by atoms with Crippen molar-refractivity contribution in [2.75, 3.05) is 24.9 Å². The average molecular weight is 397 g/mol. The fraction of sp³-hybridized carbons (Fsp3) is 0.278. The molecule has 0 radical (unpaired) electrons. The van der Waals surface area contributed by atoms with Crippen LogP contribution < -0.4 is 9.62 Å². The minimum atomic E-state index is -4.10. The summed E-state index contributed by atoms with van der Waals surface area (Å²) >= 11 is 0. The van der Waals surface area contributed by atoms with Crippen molar-refractivity contribution in [1.82, 2.24) is 9.62 Å². The quantitative estimate of drug-likeness (QED) is 0.780. The van der Waals surface area contributed by atoms with Gasteiger partial charge in [0.25, 0.3) is 0 Å². The Balaban J connectivity index is 2.23. The molecule has 6 nitrogen and oxygen atoms in total. The summed E-state index contributed by atoms with van der Waals surface area (Å²) in [7, 11) is -1.51. The molecule has 0 heterocycles. The van der Waals surface area contributed by atoms with Gasteiger partial charge in [-0.15, -0.1) is 0 Å².